The second-order valence-corrected chi connectivity index (χ2v) is 7.36. The van der Waals surface area contributed by atoms with Crippen molar-refractivity contribution in [1.29, 1.82) is 0 Å². The molecule has 130 valence electrons. The number of ether oxygens (including phenoxy) is 2. The normalized spacial score (nSPS) is 13.8. The van der Waals surface area contributed by atoms with Gasteiger partial charge in [0.15, 0.2) is 11.5 Å². The van der Waals surface area contributed by atoms with Gasteiger partial charge in [-0.15, -0.1) is 11.8 Å². The summed E-state index contributed by atoms with van der Waals surface area (Å²) in [6.45, 7) is 0.309. The van der Waals surface area contributed by atoms with Gasteiger partial charge in [-0.05, 0) is 41.8 Å². The highest BCUT2D eigenvalue weighted by atomic mass is 32.2. The summed E-state index contributed by atoms with van der Waals surface area (Å²) in [6, 6.07) is 27.2. The summed E-state index contributed by atoms with van der Waals surface area (Å²) in [4.78, 5) is 1.27. The molecule has 1 unspecified atom stereocenters. The SMILES string of the molecule is C(=C\c1ccccc1)/CC(Sc1ccccc1)c1ccc2c(c1)OCO2. The molecule has 4 rings (SSSR count). The van der Waals surface area contributed by atoms with E-state index in [0.717, 1.165) is 17.9 Å². The Balaban J connectivity index is 1.56. The van der Waals surface area contributed by atoms with E-state index in [0.29, 0.717) is 12.0 Å². The third-order valence-corrected chi connectivity index (χ3v) is 5.54. The molecular formula is C23H20O2S. The lowest BCUT2D eigenvalue weighted by molar-refractivity contribution is 0.174. The van der Waals surface area contributed by atoms with Crippen molar-refractivity contribution in [3.63, 3.8) is 0 Å². The number of hydrogen-bond acceptors (Lipinski definition) is 3. The van der Waals surface area contributed by atoms with Gasteiger partial charge >= 0.3 is 0 Å². The molecule has 0 amide bonds. The second kappa shape index (κ2) is 8.15. The zero-order valence-electron chi connectivity index (χ0n) is 14.4. The van der Waals surface area contributed by atoms with Crippen molar-refractivity contribution >= 4 is 17.8 Å². The van der Waals surface area contributed by atoms with Crippen LogP contribution >= 0.6 is 11.8 Å². The lowest BCUT2D eigenvalue weighted by atomic mass is 10.1. The first-order valence-corrected chi connectivity index (χ1v) is 9.59. The molecule has 1 atom stereocenters. The summed E-state index contributed by atoms with van der Waals surface area (Å²) in [5.41, 5.74) is 2.47. The minimum atomic E-state index is 0.309. The van der Waals surface area contributed by atoms with E-state index < -0.39 is 0 Å². The van der Waals surface area contributed by atoms with Gasteiger partial charge in [-0.25, -0.2) is 0 Å². The van der Waals surface area contributed by atoms with Crippen LogP contribution in [0.1, 0.15) is 22.8 Å². The number of benzene rings is 3. The maximum Gasteiger partial charge on any atom is 0.231 e. The summed E-state index contributed by atoms with van der Waals surface area (Å²) >= 11 is 1.87. The van der Waals surface area contributed by atoms with E-state index >= 15 is 0 Å². The van der Waals surface area contributed by atoms with E-state index in [2.05, 4.69) is 78.9 Å². The predicted octanol–water partition coefficient (Wildman–Crippen LogP) is 6.35. The second-order valence-electron chi connectivity index (χ2n) is 6.08. The van der Waals surface area contributed by atoms with Crippen molar-refractivity contribution in [1.82, 2.24) is 0 Å². The average Bonchev–Trinajstić information content (AvgIpc) is 3.17. The molecule has 1 aliphatic heterocycles. The van der Waals surface area contributed by atoms with Crippen LogP contribution in [0.4, 0.5) is 0 Å². The Bertz CT molecular complexity index is 875. The monoisotopic (exact) mass is 360 g/mol. The highest BCUT2D eigenvalue weighted by molar-refractivity contribution is 7.99. The maximum atomic E-state index is 5.56. The summed E-state index contributed by atoms with van der Waals surface area (Å²) in [5.74, 6) is 1.67. The van der Waals surface area contributed by atoms with Crippen LogP contribution < -0.4 is 9.47 Å². The zero-order valence-corrected chi connectivity index (χ0v) is 15.2. The van der Waals surface area contributed by atoms with E-state index in [-0.39, 0.29) is 0 Å². The minimum Gasteiger partial charge on any atom is -0.454 e. The Morgan fingerprint density at radius 3 is 2.38 bits per heavy atom. The quantitative estimate of drug-likeness (QED) is 0.477. The fourth-order valence-electron chi connectivity index (χ4n) is 2.92. The molecule has 0 radical (unpaired) electrons. The molecule has 2 nitrogen and oxygen atoms in total. The van der Waals surface area contributed by atoms with Gasteiger partial charge in [0.05, 0.1) is 0 Å². The first kappa shape index (κ1) is 16.8. The van der Waals surface area contributed by atoms with Gasteiger partial charge in [0.2, 0.25) is 6.79 Å². The molecule has 3 heteroatoms. The van der Waals surface area contributed by atoms with Gasteiger partial charge in [0.1, 0.15) is 0 Å². The molecule has 1 heterocycles. The minimum absolute atomic E-state index is 0.309. The fraction of sp³-hybridized carbons (Fsp3) is 0.130. The Morgan fingerprint density at radius 2 is 1.58 bits per heavy atom. The van der Waals surface area contributed by atoms with Crippen LogP contribution in [0.5, 0.6) is 11.5 Å². The Labute approximate surface area is 158 Å². The Hall–Kier alpha value is -2.65. The van der Waals surface area contributed by atoms with Crippen LogP contribution in [0.25, 0.3) is 6.08 Å². The van der Waals surface area contributed by atoms with Gasteiger partial charge in [0.25, 0.3) is 0 Å². The Kier molecular flexibility index (Phi) is 5.27. The van der Waals surface area contributed by atoms with Crippen LogP contribution in [0.3, 0.4) is 0 Å². The highest BCUT2D eigenvalue weighted by Crippen LogP contribution is 2.42. The van der Waals surface area contributed by atoms with Crippen molar-refractivity contribution in [2.45, 2.75) is 16.6 Å². The molecular weight excluding hydrogens is 340 g/mol. The van der Waals surface area contributed by atoms with E-state index in [1.807, 2.05) is 23.9 Å². The van der Waals surface area contributed by atoms with Crippen LogP contribution in [0, 0.1) is 0 Å². The topological polar surface area (TPSA) is 18.5 Å². The van der Waals surface area contributed by atoms with Crippen molar-refractivity contribution in [2.75, 3.05) is 6.79 Å². The zero-order chi connectivity index (χ0) is 17.6. The summed E-state index contributed by atoms with van der Waals surface area (Å²) < 4.78 is 11.0. The van der Waals surface area contributed by atoms with E-state index in [4.69, 9.17) is 9.47 Å². The molecule has 3 aromatic carbocycles. The standard InChI is InChI=1S/C23H20O2S/c1-3-8-18(9-4-1)10-7-13-23(26-20-11-5-2-6-12-20)19-14-15-21-22(16-19)25-17-24-21/h1-12,14-16,23H,13,17H2/b10-7+. The fourth-order valence-corrected chi connectivity index (χ4v) is 4.05. The van der Waals surface area contributed by atoms with Gasteiger partial charge in [-0.1, -0.05) is 66.7 Å². The maximum absolute atomic E-state index is 5.56. The number of allylic oxidation sites excluding steroid dienone is 1. The molecule has 0 saturated carbocycles. The van der Waals surface area contributed by atoms with Crippen LogP contribution in [0.2, 0.25) is 0 Å². The van der Waals surface area contributed by atoms with Gasteiger partial charge in [-0.3, -0.25) is 0 Å². The smallest absolute Gasteiger partial charge is 0.231 e. The molecule has 1 aliphatic rings. The highest BCUT2D eigenvalue weighted by Gasteiger charge is 2.18. The number of fused-ring (bicyclic) bond motifs is 1. The molecule has 3 aromatic rings. The molecule has 0 aliphatic carbocycles. The third kappa shape index (κ3) is 4.12. The van der Waals surface area contributed by atoms with Gasteiger partial charge in [0, 0.05) is 10.1 Å². The number of thioether (sulfide) groups is 1. The molecule has 0 N–H and O–H groups in total. The number of hydrogen-bond donors (Lipinski definition) is 0. The van der Waals surface area contributed by atoms with E-state index in [9.17, 15) is 0 Å². The number of rotatable bonds is 6. The van der Waals surface area contributed by atoms with Crippen molar-refractivity contribution in [2.24, 2.45) is 0 Å². The van der Waals surface area contributed by atoms with Crippen LogP contribution in [-0.4, -0.2) is 6.79 Å². The van der Waals surface area contributed by atoms with E-state index in [1.165, 1.54) is 16.0 Å². The molecule has 26 heavy (non-hydrogen) atoms. The summed E-state index contributed by atoms with van der Waals surface area (Å²) in [6.07, 6.45) is 5.38. The average molecular weight is 360 g/mol. The van der Waals surface area contributed by atoms with Crippen molar-refractivity contribution < 1.29 is 9.47 Å². The lowest BCUT2D eigenvalue weighted by Crippen LogP contribution is -1.94. The molecule has 0 bridgehead atoms. The summed E-state index contributed by atoms with van der Waals surface area (Å²) in [7, 11) is 0. The van der Waals surface area contributed by atoms with Crippen molar-refractivity contribution in [3.05, 3.63) is 96.1 Å². The van der Waals surface area contributed by atoms with Gasteiger partial charge < -0.3 is 9.47 Å². The van der Waals surface area contributed by atoms with Crippen LogP contribution in [0.15, 0.2) is 89.8 Å². The largest absolute Gasteiger partial charge is 0.454 e. The van der Waals surface area contributed by atoms with Crippen LogP contribution in [-0.2, 0) is 0 Å². The predicted molar refractivity (Wildman–Crippen MR) is 108 cm³/mol. The first-order chi connectivity index (χ1) is 12.9. The first-order valence-electron chi connectivity index (χ1n) is 8.71. The molecule has 0 saturated heterocycles. The Morgan fingerprint density at radius 1 is 0.846 bits per heavy atom. The molecule has 0 aromatic heterocycles. The lowest BCUT2D eigenvalue weighted by Gasteiger charge is -2.16. The molecule has 0 spiro atoms. The summed E-state index contributed by atoms with van der Waals surface area (Å²) in [5, 5.41) is 0.312. The third-order valence-electron chi connectivity index (χ3n) is 4.25. The van der Waals surface area contributed by atoms with E-state index in [1.54, 1.807) is 0 Å². The molecule has 0 fully saturated rings. The van der Waals surface area contributed by atoms with Gasteiger partial charge in [-0.2, -0.15) is 0 Å². The van der Waals surface area contributed by atoms with Crippen molar-refractivity contribution in [3.8, 4) is 11.5 Å².